The maximum absolute atomic E-state index is 12.4. The molecule has 5 heteroatoms. The normalized spacial score (nSPS) is 30.5. The van der Waals surface area contributed by atoms with Crippen molar-refractivity contribution >= 4 is 6.03 Å². The number of nitrogens with zero attached hydrogens (tertiary/aromatic N) is 1. The second-order valence-electron chi connectivity index (χ2n) is 7.21. The van der Waals surface area contributed by atoms with Crippen molar-refractivity contribution in [1.82, 2.24) is 10.2 Å². The van der Waals surface area contributed by atoms with Gasteiger partial charge in [-0.05, 0) is 43.4 Å². The van der Waals surface area contributed by atoms with Crippen molar-refractivity contribution in [1.29, 1.82) is 0 Å². The van der Waals surface area contributed by atoms with Crippen molar-refractivity contribution in [2.24, 2.45) is 11.8 Å². The zero-order valence-electron chi connectivity index (χ0n) is 14.2. The number of likely N-dealkylation sites (tertiary alicyclic amines) is 1. The van der Waals surface area contributed by atoms with Crippen LogP contribution in [0.2, 0.25) is 0 Å². The van der Waals surface area contributed by atoms with Crippen LogP contribution in [0.4, 0.5) is 4.79 Å². The van der Waals surface area contributed by atoms with E-state index in [1.807, 2.05) is 17.0 Å². The third-order valence-electron chi connectivity index (χ3n) is 5.79. The number of benzene rings is 1. The van der Waals surface area contributed by atoms with E-state index in [0.717, 1.165) is 31.7 Å². The van der Waals surface area contributed by atoms with Gasteiger partial charge in [-0.3, -0.25) is 0 Å². The number of fused-ring (bicyclic) bond motifs is 5. The lowest BCUT2D eigenvalue weighted by atomic mass is 9.82. The van der Waals surface area contributed by atoms with E-state index in [1.54, 1.807) is 7.11 Å². The Hall–Kier alpha value is -1.75. The summed E-state index contributed by atoms with van der Waals surface area (Å²) in [5.41, 5.74) is 1.24. The first-order chi connectivity index (χ1) is 11.7. The number of rotatable bonds is 5. The number of carbonyl (C=O) groups is 1. The molecule has 3 heterocycles. The van der Waals surface area contributed by atoms with Gasteiger partial charge in [-0.15, -0.1) is 0 Å². The Balaban J connectivity index is 1.20. The number of nitrogens with one attached hydrogen (secondary N) is 1. The van der Waals surface area contributed by atoms with Gasteiger partial charge in [0, 0.05) is 31.5 Å². The number of aryl methyl sites for hydroxylation is 1. The Morgan fingerprint density at radius 3 is 2.75 bits per heavy atom. The van der Waals surface area contributed by atoms with Crippen LogP contribution < -0.4 is 10.1 Å². The molecule has 0 spiro atoms. The van der Waals surface area contributed by atoms with E-state index in [-0.39, 0.29) is 6.03 Å². The minimum absolute atomic E-state index is 0.0921. The van der Waals surface area contributed by atoms with E-state index < -0.39 is 0 Å². The van der Waals surface area contributed by atoms with E-state index in [0.29, 0.717) is 30.6 Å². The predicted octanol–water partition coefficient (Wildman–Crippen LogP) is 2.45. The summed E-state index contributed by atoms with van der Waals surface area (Å²) < 4.78 is 11.2. The Labute approximate surface area is 143 Å². The molecule has 3 saturated heterocycles. The van der Waals surface area contributed by atoms with E-state index in [1.165, 1.54) is 18.4 Å². The largest absolute Gasteiger partial charge is 0.497 e. The predicted molar refractivity (Wildman–Crippen MR) is 91.2 cm³/mol. The zero-order chi connectivity index (χ0) is 16.5. The van der Waals surface area contributed by atoms with Crippen LogP contribution in [-0.4, -0.2) is 49.9 Å². The van der Waals surface area contributed by atoms with Crippen LogP contribution in [0.3, 0.4) is 0 Å². The van der Waals surface area contributed by atoms with Crippen molar-refractivity contribution in [2.75, 3.05) is 26.7 Å². The van der Waals surface area contributed by atoms with Crippen molar-refractivity contribution in [3.05, 3.63) is 29.8 Å². The highest BCUT2D eigenvalue weighted by atomic mass is 16.5. The SMILES string of the molecule is COc1cccc(CCCNC(=O)N2CC3C4CCC(O4)C3C2)c1. The molecule has 24 heavy (non-hydrogen) atoms. The summed E-state index contributed by atoms with van der Waals surface area (Å²) in [5, 5.41) is 3.08. The molecule has 0 radical (unpaired) electrons. The molecule has 2 amide bonds. The number of hydrogen-bond acceptors (Lipinski definition) is 3. The minimum Gasteiger partial charge on any atom is -0.497 e. The van der Waals surface area contributed by atoms with E-state index in [4.69, 9.17) is 9.47 Å². The number of methoxy groups -OCH3 is 1. The maximum Gasteiger partial charge on any atom is 0.317 e. The highest BCUT2D eigenvalue weighted by Gasteiger charge is 2.53. The first-order valence-corrected chi connectivity index (χ1v) is 9.06. The smallest absolute Gasteiger partial charge is 0.317 e. The molecule has 130 valence electrons. The van der Waals surface area contributed by atoms with Gasteiger partial charge < -0.3 is 19.7 Å². The van der Waals surface area contributed by atoms with Crippen LogP contribution >= 0.6 is 0 Å². The highest BCUT2D eigenvalue weighted by molar-refractivity contribution is 5.74. The zero-order valence-corrected chi connectivity index (χ0v) is 14.2. The molecule has 0 aliphatic carbocycles. The first kappa shape index (κ1) is 15.8. The Kier molecular flexibility index (Phi) is 4.35. The third-order valence-corrected chi connectivity index (χ3v) is 5.79. The average Bonchev–Trinajstić information content (AvgIpc) is 3.31. The van der Waals surface area contributed by atoms with Crippen LogP contribution in [0.25, 0.3) is 0 Å². The second-order valence-corrected chi connectivity index (χ2v) is 7.21. The maximum atomic E-state index is 12.4. The summed E-state index contributed by atoms with van der Waals surface area (Å²) >= 11 is 0. The van der Waals surface area contributed by atoms with Crippen LogP contribution in [0.5, 0.6) is 5.75 Å². The minimum atomic E-state index is 0.0921. The van der Waals surface area contributed by atoms with Gasteiger partial charge >= 0.3 is 6.03 Å². The summed E-state index contributed by atoms with van der Waals surface area (Å²) in [6, 6.07) is 8.20. The Bertz CT molecular complexity index is 588. The Morgan fingerprint density at radius 1 is 1.29 bits per heavy atom. The molecule has 1 aromatic rings. The third kappa shape index (κ3) is 2.97. The lowest BCUT2D eigenvalue weighted by molar-refractivity contribution is 0.0739. The van der Waals surface area contributed by atoms with Gasteiger partial charge in [0.15, 0.2) is 0 Å². The lowest BCUT2D eigenvalue weighted by Gasteiger charge is -2.19. The van der Waals surface area contributed by atoms with E-state index in [9.17, 15) is 4.79 Å². The number of hydrogen-bond donors (Lipinski definition) is 1. The van der Waals surface area contributed by atoms with Gasteiger partial charge in [0.2, 0.25) is 0 Å². The van der Waals surface area contributed by atoms with Gasteiger partial charge in [0.1, 0.15) is 5.75 Å². The lowest BCUT2D eigenvalue weighted by Crippen LogP contribution is -2.40. The molecule has 4 unspecified atom stereocenters. The first-order valence-electron chi connectivity index (χ1n) is 9.06. The molecule has 3 aliphatic rings. The van der Waals surface area contributed by atoms with E-state index >= 15 is 0 Å². The fourth-order valence-electron chi connectivity index (χ4n) is 4.55. The molecule has 5 nitrogen and oxygen atoms in total. The molecular formula is C19H26N2O3. The Morgan fingerprint density at radius 2 is 2.04 bits per heavy atom. The average molecular weight is 330 g/mol. The van der Waals surface area contributed by atoms with Crippen molar-refractivity contribution in [2.45, 2.75) is 37.9 Å². The number of urea groups is 1. The summed E-state index contributed by atoms with van der Waals surface area (Å²) in [7, 11) is 1.68. The second kappa shape index (κ2) is 6.63. The highest BCUT2D eigenvalue weighted by Crippen LogP contribution is 2.47. The molecule has 1 N–H and O–H groups in total. The number of ether oxygens (including phenoxy) is 2. The van der Waals surface area contributed by atoms with Gasteiger partial charge in [-0.1, -0.05) is 12.1 Å². The molecule has 3 aliphatic heterocycles. The van der Waals surface area contributed by atoms with Gasteiger partial charge in [-0.2, -0.15) is 0 Å². The van der Waals surface area contributed by atoms with Gasteiger partial charge in [0.25, 0.3) is 0 Å². The van der Waals surface area contributed by atoms with E-state index in [2.05, 4.69) is 17.4 Å². The summed E-state index contributed by atoms with van der Waals surface area (Å²) in [5.74, 6) is 2.04. The fourth-order valence-corrected chi connectivity index (χ4v) is 4.55. The van der Waals surface area contributed by atoms with Crippen LogP contribution in [0.15, 0.2) is 24.3 Å². The molecule has 0 aromatic heterocycles. The molecule has 4 rings (SSSR count). The quantitative estimate of drug-likeness (QED) is 0.844. The van der Waals surface area contributed by atoms with Crippen LogP contribution in [-0.2, 0) is 11.2 Å². The van der Waals surface area contributed by atoms with Gasteiger partial charge in [0.05, 0.1) is 19.3 Å². The fraction of sp³-hybridized carbons (Fsp3) is 0.632. The van der Waals surface area contributed by atoms with Gasteiger partial charge in [-0.25, -0.2) is 4.79 Å². The number of carbonyl (C=O) groups excluding carboxylic acids is 1. The number of amides is 2. The molecule has 1 aromatic carbocycles. The van der Waals surface area contributed by atoms with Crippen molar-refractivity contribution in [3.8, 4) is 5.75 Å². The molecule has 3 fully saturated rings. The van der Waals surface area contributed by atoms with Crippen molar-refractivity contribution in [3.63, 3.8) is 0 Å². The van der Waals surface area contributed by atoms with Crippen LogP contribution in [0.1, 0.15) is 24.8 Å². The molecule has 0 saturated carbocycles. The van der Waals surface area contributed by atoms with Crippen LogP contribution in [0, 0.1) is 11.8 Å². The molecule has 2 bridgehead atoms. The topological polar surface area (TPSA) is 50.8 Å². The summed E-state index contributed by atoms with van der Waals surface area (Å²) in [4.78, 5) is 14.4. The standard InChI is InChI=1S/C19H26N2O3/c1-23-14-6-2-4-13(10-14)5-3-9-20-19(22)21-11-15-16(12-21)18-8-7-17(15)24-18/h2,4,6,10,15-18H,3,5,7-9,11-12H2,1H3,(H,20,22). The molecular weight excluding hydrogens is 304 g/mol. The summed E-state index contributed by atoms with van der Waals surface area (Å²) in [6.45, 7) is 2.45. The summed E-state index contributed by atoms with van der Waals surface area (Å²) in [6.07, 6.45) is 5.06. The van der Waals surface area contributed by atoms with Crippen molar-refractivity contribution < 1.29 is 14.3 Å². The molecule has 4 atom stereocenters. The monoisotopic (exact) mass is 330 g/mol.